The molecule has 2 aromatic carbocycles. The van der Waals surface area contributed by atoms with E-state index in [9.17, 15) is 9.59 Å². The van der Waals surface area contributed by atoms with Crippen molar-refractivity contribution in [1.29, 1.82) is 0 Å². The van der Waals surface area contributed by atoms with E-state index in [-0.39, 0.29) is 11.5 Å². The second-order valence-electron chi connectivity index (χ2n) is 4.17. The molecule has 1 amide bonds. The minimum atomic E-state index is -1.06. The fourth-order valence-electron chi connectivity index (χ4n) is 1.73. The first-order valence-electron chi connectivity index (χ1n) is 5.78. The summed E-state index contributed by atoms with van der Waals surface area (Å²) in [6.45, 7) is 1.80. The van der Waals surface area contributed by atoms with Crippen molar-refractivity contribution in [3.63, 3.8) is 0 Å². The summed E-state index contributed by atoms with van der Waals surface area (Å²) in [4.78, 5) is 23.1. The van der Waals surface area contributed by atoms with Gasteiger partial charge in [0.05, 0.1) is 11.3 Å². The second-order valence-corrected chi connectivity index (χ2v) is 4.17. The molecule has 0 heterocycles. The molecule has 2 N–H and O–H groups in total. The number of rotatable bonds is 3. The number of amides is 1. The molecule has 0 atom stereocenters. The lowest BCUT2D eigenvalue weighted by molar-refractivity contribution is 0.0698. The fraction of sp³-hybridized carbons (Fsp3) is 0.0667. The highest BCUT2D eigenvalue weighted by atomic mass is 16.4. The van der Waals surface area contributed by atoms with E-state index in [0.717, 1.165) is 5.56 Å². The van der Waals surface area contributed by atoms with Gasteiger partial charge in [0.15, 0.2) is 0 Å². The summed E-state index contributed by atoms with van der Waals surface area (Å²) in [6, 6.07) is 13.5. The standard InChI is InChI=1S/C15H13NO3/c1-10-7-8-13(12(9-10)15(18)19)16-14(17)11-5-3-2-4-6-11/h2-9H,1H3,(H,16,17)(H,18,19). The van der Waals surface area contributed by atoms with Crippen LogP contribution in [0.15, 0.2) is 48.5 Å². The Kier molecular flexibility index (Phi) is 3.61. The molecule has 0 unspecified atom stereocenters. The summed E-state index contributed by atoms with van der Waals surface area (Å²) in [7, 11) is 0. The van der Waals surface area contributed by atoms with Crippen LogP contribution in [0.5, 0.6) is 0 Å². The molecule has 2 aromatic rings. The molecule has 0 saturated carbocycles. The summed E-state index contributed by atoms with van der Waals surface area (Å²) in [5, 5.41) is 11.7. The first-order chi connectivity index (χ1) is 9.08. The zero-order valence-electron chi connectivity index (χ0n) is 10.4. The van der Waals surface area contributed by atoms with Gasteiger partial charge in [0.1, 0.15) is 0 Å². The van der Waals surface area contributed by atoms with E-state index < -0.39 is 5.97 Å². The van der Waals surface area contributed by atoms with Gasteiger partial charge in [-0.2, -0.15) is 0 Å². The maximum atomic E-state index is 12.0. The Balaban J connectivity index is 2.29. The number of hydrogen-bond donors (Lipinski definition) is 2. The molecule has 96 valence electrons. The predicted octanol–water partition coefficient (Wildman–Crippen LogP) is 2.95. The first-order valence-corrected chi connectivity index (χ1v) is 5.78. The third-order valence-corrected chi connectivity index (χ3v) is 2.69. The zero-order valence-corrected chi connectivity index (χ0v) is 10.4. The Labute approximate surface area is 110 Å². The number of carboxylic acid groups (broad SMARTS) is 1. The molecule has 2 rings (SSSR count). The maximum absolute atomic E-state index is 12.0. The Hall–Kier alpha value is -2.62. The van der Waals surface area contributed by atoms with Crippen LogP contribution in [0, 0.1) is 6.92 Å². The van der Waals surface area contributed by atoms with E-state index in [2.05, 4.69) is 5.32 Å². The number of hydrogen-bond acceptors (Lipinski definition) is 2. The topological polar surface area (TPSA) is 66.4 Å². The zero-order chi connectivity index (χ0) is 13.8. The first kappa shape index (κ1) is 12.8. The lowest BCUT2D eigenvalue weighted by atomic mass is 10.1. The molecular weight excluding hydrogens is 242 g/mol. The van der Waals surface area contributed by atoms with Crippen LogP contribution >= 0.6 is 0 Å². The average molecular weight is 255 g/mol. The van der Waals surface area contributed by atoms with Gasteiger partial charge in [-0.05, 0) is 31.2 Å². The average Bonchev–Trinajstić information content (AvgIpc) is 2.41. The summed E-state index contributed by atoms with van der Waals surface area (Å²) >= 11 is 0. The van der Waals surface area contributed by atoms with E-state index in [1.807, 2.05) is 6.07 Å². The quantitative estimate of drug-likeness (QED) is 0.886. The van der Waals surface area contributed by atoms with E-state index in [1.54, 1.807) is 43.3 Å². The summed E-state index contributed by atoms with van der Waals surface area (Å²) in [5.74, 6) is -1.39. The van der Waals surface area contributed by atoms with Crippen molar-refractivity contribution in [3.05, 3.63) is 65.2 Å². The second kappa shape index (κ2) is 5.35. The molecule has 0 saturated heterocycles. The van der Waals surface area contributed by atoms with Crippen molar-refractivity contribution in [2.45, 2.75) is 6.92 Å². The van der Waals surface area contributed by atoms with Crippen LogP contribution in [0.4, 0.5) is 5.69 Å². The van der Waals surface area contributed by atoms with E-state index in [1.165, 1.54) is 6.07 Å². The van der Waals surface area contributed by atoms with Crippen molar-refractivity contribution >= 4 is 17.6 Å². The molecule has 0 spiro atoms. The molecule has 0 radical (unpaired) electrons. The summed E-state index contributed by atoms with van der Waals surface area (Å²) < 4.78 is 0. The monoisotopic (exact) mass is 255 g/mol. The van der Waals surface area contributed by atoms with Crippen LogP contribution in [-0.4, -0.2) is 17.0 Å². The largest absolute Gasteiger partial charge is 0.478 e. The summed E-state index contributed by atoms with van der Waals surface area (Å²) in [5.41, 5.74) is 1.70. The van der Waals surface area contributed by atoms with Crippen LogP contribution in [0.25, 0.3) is 0 Å². The van der Waals surface area contributed by atoms with E-state index in [0.29, 0.717) is 11.3 Å². The predicted molar refractivity (Wildman–Crippen MR) is 72.5 cm³/mol. The smallest absolute Gasteiger partial charge is 0.337 e. The lowest BCUT2D eigenvalue weighted by Crippen LogP contribution is -2.14. The van der Waals surface area contributed by atoms with Crippen molar-refractivity contribution in [2.75, 3.05) is 5.32 Å². The van der Waals surface area contributed by atoms with Crippen molar-refractivity contribution in [3.8, 4) is 0 Å². The van der Waals surface area contributed by atoms with Gasteiger partial charge in [0.25, 0.3) is 5.91 Å². The van der Waals surface area contributed by atoms with Crippen LogP contribution < -0.4 is 5.32 Å². The lowest BCUT2D eigenvalue weighted by Gasteiger charge is -2.09. The van der Waals surface area contributed by atoms with Gasteiger partial charge in [-0.1, -0.05) is 29.8 Å². The molecule has 19 heavy (non-hydrogen) atoms. The van der Waals surface area contributed by atoms with Crippen LogP contribution in [0.3, 0.4) is 0 Å². The highest BCUT2D eigenvalue weighted by Gasteiger charge is 2.13. The highest BCUT2D eigenvalue weighted by molar-refractivity contribution is 6.07. The number of carbonyl (C=O) groups excluding carboxylic acids is 1. The van der Waals surface area contributed by atoms with Gasteiger partial charge in [-0.25, -0.2) is 4.79 Å². The molecule has 4 nitrogen and oxygen atoms in total. The van der Waals surface area contributed by atoms with Gasteiger partial charge >= 0.3 is 5.97 Å². The van der Waals surface area contributed by atoms with Crippen molar-refractivity contribution < 1.29 is 14.7 Å². The van der Waals surface area contributed by atoms with Crippen molar-refractivity contribution in [1.82, 2.24) is 0 Å². The molecule has 4 heteroatoms. The highest BCUT2D eigenvalue weighted by Crippen LogP contribution is 2.18. The van der Waals surface area contributed by atoms with Gasteiger partial charge < -0.3 is 10.4 Å². The van der Waals surface area contributed by atoms with E-state index >= 15 is 0 Å². The molecular formula is C15H13NO3. The molecule has 0 aliphatic carbocycles. The minimum Gasteiger partial charge on any atom is -0.478 e. The maximum Gasteiger partial charge on any atom is 0.337 e. The number of anilines is 1. The minimum absolute atomic E-state index is 0.0873. The van der Waals surface area contributed by atoms with E-state index in [4.69, 9.17) is 5.11 Å². The van der Waals surface area contributed by atoms with Gasteiger partial charge in [-0.15, -0.1) is 0 Å². The number of carboxylic acids is 1. The number of benzene rings is 2. The van der Waals surface area contributed by atoms with Crippen LogP contribution in [-0.2, 0) is 0 Å². The molecule has 0 aromatic heterocycles. The molecule has 0 aliphatic rings. The summed E-state index contributed by atoms with van der Waals surface area (Å²) in [6.07, 6.45) is 0. The number of nitrogens with one attached hydrogen (secondary N) is 1. The normalized spacial score (nSPS) is 9.95. The molecule has 0 aliphatic heterocycles. The Morgan fingerprint density at radius 1 is 1.05 bits per heavy atom. The Morgan fingerprint density at radius 3 is 2.37 bits per heavy atom. The third-order valence-electron chi connectivity index (χ3n) is 2.69. The van der Waals surface area contributed by atoms with Gasteiger partial charge in [0.2, 0.25) is 0 Å². The van der Waals surface area contributed by atoms with Crippen molar-refractivity contribution in [2.24, 2.45) is 0 Å². The van der Waals surface area contributed by atoms with Gasteiger partial charge in [-0.3, -0.25) is 4.79 Å². The SMILES string of the molecule is Cc1ccc(NC(=O)c2ccccc2)c(C(=O)O)c1. The Morgan fingerprint density at radius 2 is 1.74 bits per heavy atom. The van der Waals surface area contributed by atoms with Crippen LogP contribution in [0.1, 0.15) is 26.3 Å². The number of carbonyl (C=O) groups is 2. The molecule has 0 fully saturated rings. The number of aromatic carboxylic acids is 1. The third kappa shape index (κ3) is 2.98. The fourth-order valence-corrected chi connectivity index (χ4v) is 1.73. The molecule has 0 bridgehead atoms. The van der Waals surface area contributed by atoms with Gasteiger partial charge in [0, 0.05) is 5.56 Å². The Bertz CT molecular complexity index is 621. The van der Waals surface area contributed by atoms with Crippen LogP contribution in [0.2, 0.25) is 0 Å². The number of aryl methyl sites for hydroxylation is 1.